The van der Waals surface area contributed by atoms with Gasteiger partial charge in [-0.2, -0.15) is 0 Å². The van der Waals surface area contributed by atoms with Gasteiger partial charge in [-0.25, -0.2) is 0 Å². The predicted octanol–water partition coefficient (Wildman–Crippen LogP) is 2.27. The first kappa shape index (κ1) is 21.0. The molecule has 1 N–H and O–H groups in total. The van der Waals surface area contributed by atoms with Crippen LogP contribution in [0.1, 0.15) is 27.9 Å². The van der Waals surface area contributed by atoms with Gasteiger partial charge in [0.2, 0.25) is 0 Å². The molecule has 1 amide bonds. The van der Waals surface area contributed by atoms with Gasteiger partial charge in [0.25, 0.3) is 5.91 Å². The molecule has 2 aliphatic rings. The van der Waals surface area contributed by atoms with E-state index in [4.69, 9.17) is 0 Å². The van der Waals surface area contributed by atoms with E-state index in [-0.39, 0.29) is 23.6 Å². The lowest BCUT2D eigenvalue weighted by atomic mass is 9.81. The molecular weight excluding hydrogens is 398 g/mol. The molecule has 0 radical (unpaired) electrons. The van der Waals surface area contributed by atoms with Crippen LogP contribution in [0.25, 0.3) is 0 Å². The number of rotatable bonds is 6. The Morgan fingerprint density at radius 1 is 1.20 bits per heavy atom. The van der Waals surface area contributed by atoms with E-state index in [1.807, 2.05) is 18.2 Å². The summed E-state index contributed by atoms with van der Waals surface area (Å²) in [5.41, 5.74) is 4.33. The fourth-order valence-corrected chi connectivity index (χ4v) is 5.21. The van der Waals surface area contributed by atoms with E-state index in [9.17, 15) is 13.6 Å². The van der Waals surface area contributed by atoms with Gasteiger partial charge in [0.15, 0.2) is 0 Å². The van der Waals surface area contributed by atoms with Crippen molar-refractivity contribution in [1.82, 2.24) is 10.2 Å². The molecular formula is C23H29N3O3S. The molecule has 0 aromatic heterocycles. The number of hydrogen-bond donors (Lipinski definition) is 1. The highest BCUT2D eigenvalue weighted by Gasteiger charge is 2.46. The molecule has 2 aromatic carbocycles. The molecule has 30 heavy (non-hydrogen) atoms. The number of likely N-dealkylation sites (N-methyl/N-ethyl adjacent to an activating group) is 1. The highest BCUT2D eigenvalue weighted by atomic mass is 32.3. The van der Waals surface area contributed by atoms with Crippen molar-refractivity contribution in [3.63, 3.8) is 0 Å². The van der Waals surface area contributed by atoms with Gasteiger partial charge in [-0.3, -0.25) is 4.79 Å². The lowest BCUT2D eigenvalue weighted by Gasteiger charge is -2.26. The molecule has 0 aliphatic carbocycles. The summed E-state index contributed by atoms with van der Waals surface area (Å²) in [5.74, 6) is -0.270. The first-order valence-electron chi connectivity index (χ1n) is 10.3. The molecule has 7 heteroatoms. The third kappa shape index (κ3) is 4.43. The van der Waals surface area contributed by atoms with E-state index >= 15 is 0 Å². The van der Waals surface area contributed by atoms with Crippen LogP contribution in [0, 0.1) is 0 Å². The number of carbonyl (C=O) groups excluding carboxylic acids is 1. The van der Waals surface area contributed by atoms with Crippen molar-refractivity contribution < 1.29 is 13.6 Å². The molecule has 0 bridgehead atoms. The number of amides is 1. The van der Waals surface area contributed by atoms with Crippen molar-refractivity contribution in [3.8, 4) is 0 Å². The molecule has 6 nitrogen and oxygen atoms in total. The van der Waals surface area contributed by atoms with Gasteiger partial charge in [-0.15, -0.1) is 4.21 Å². The molecule has 2 aromatic rings. The maximum Gasteiger partial charge on any atom is 0.251 e. The van der Waals surface area contributed by atoms with Gasteiger partial charge in [0.05, 0.1) is 12.8 Å². The van der Waals surface area contributed by atoms with E-state index in [0.29, 0.717) is 5.56 Å². The average molecular weight is 428 g/mol. The van der Waals surface area contributed by atoms with Crippen molar-refractivity contribution in [2.75, 3.05) is 50.1 Å². The molecule has 2 atom stereocenters. The topological polar surface area (TPSA) is 75.7 Å². The predicted molar refractivity (Wildman–Crippen MR) is 120 cm³/mol. The number of hydrogen-bond acceptors (Lipinski definition) is 5. The lowest BCUT2D eigenvalue weighted by molar-refractivity contribution is 0.0956. The summed E-state index contributed by atoms with van der Waals surface area (Å²) in [6, 6.07) is 16.4. The third-order valence-corrected chi connectivity index (χ3v) is 7.13. The van der Waals surface area contributed by atoms with E-state index < -0.39 is 10.2 Å². The first-order chi connectivity index (χ1) is 14.3. The van der Waals surface area contributed by atoms with Gasteiger partial charge in [-0.05, 0) is 49.3 Å². The second-order valence-corrected chi connectivity index (χ2v) is 11.0. The number of sulfone groups is 1. The molecule has 0 saturated carbocycles. The number of benzene rings is 2. The maximum atomic E-state index is 12.6. The van der Waals surface area contributed by atoms with Crippen LogP contribution in [0.4, 0.5) is 5.69 Å². The van der Waals surface area contributed by atoms with Crippen molar-refractivity contribution in [2.24, 2.45) is 0 Å². The fraction of sp³-hybridized carbons (Fsp3) is 0.435. The van der Waals surface area contributed by atoms with Gasteiger partial charge in [0, 0.05) is 46.5 Å². The number of nitrogens with zero attached hydrogens (tertiary/aromatic N) is 2. The number of anilines is 1. The van der Waals surface area contributed by atoms with Crippen LogP contribution in [-0.4, -0.2) is 60.6 Å². The van der Waals surface area contributed by atoms with Crippen molar-refractivity contribution in [1.29, 1.82) is 0 Å². The first-order valence-corrected chi connectivity index (χ1v) is 12.4. The van der Waals surface area contributed by atoms with Gasteiger partial charge < -0.3 is 19.7 Å². The summed E-state index contributed by atoms with van der Waals surface area (Å²) in [4.78, 5) is 17.4. The van der Waals surface area contributed by atoms with Gasteiger partial charge in [-0.1, -0.05) is 30.3 Å². The van der Waals surface area contributed by atoms with Crippen LogP contribution in [0.3, 0.4) is 0 Å². The molecule has 2 unspecified atom stereocenters. The fourth-order valence-electron chi connectivity index (χ4n) is 4.74. The number of fused-ring (bicyclic) bond motifs is 2. The summed E-state index contributed by atoms with van der Waals surface area (Å²) in [6.45, 7) is 3.94. The van der Waals surface area contributed by atoms with Crippen LogP contribution in [0.5, 0.6) is 0 Å². The Balaban J connectivity index is 1.59. The Morgan fingerprint density at radius 2 is 1.97 bits per heavy atom. The van der Waals surface area contributed by atoms with E-state index in [1.165, 1.54) is 23.1 Å². The van der Waals surface area contributed by atoms with Crippen LogP contribution in [0.2, 0.25) is 0 Å². The second kappa shape index (κ2) is 8.13. The van der Waals surface area contributed by atoms with Crippen molar-refractivity contribution in [3.05, 3.63) is 65.2 Å². The quantitative estimate of drug-likeness (QED) is 0.716. The van der Waals surface area contributed by atoms with Crippen molar-refractivity contribution in [2.45, 2.75) is 18.4 Å². The number of nitrogens with one attached hydrogen (secondary N) is 1. The van der Waals surface area contributed by atoms with Crippen LogP contribution in [0.15, 0.2) is 48.5 Å². The van der Waals surface area contributed by atoms with E-state index in [2.05, 4.69) is 52.5 Å². The monoisotopic (exact) mass is 427 g/mol. The molecule has 4 rings (SSSR count). The Labute approximate surface area is 179 Å². The highest BCUT2D eigenvalue weighted by Crippen LogP contribution is 2.46. The summed E-state index contributed by atoms with van der Waals surface area (Å²) >= 11 is 0. The Kier molecular flexibility index (Phi) is 5.70. The molecule has 2 heterocycles. The molecule has 1 fully saturated rings. The second-order valence-electron chi connectivity index (χ2n) is 8.73. The molecule has 2 aliphatic heterocycles. The summed E-state index contributed by atoms with van der Waals surface area (Å²) in [6.07, 6.45) is 2.25. The average Bonchev–Trinajstić information content (AvgIpc) is 3.21. The zero-order valence-corrected chi connectivity index (χ0v) is 18.4. The minimum absolute atomic E-state index is 0.0297. The zero-order valence-electron chi connectivity index (χ0n) is 17.6. The minimum Gasteiger partial charge on any atom is -0.615 e. The SMILES string of the molecule is CN1CCC2(C1)CN(Cc1ccccc1)c1ccc(C(=O)NCC[S+](C)(=O)[O-])cc12. The van der Waals surface area contributed by atoms with Crippen LogP contribution in [-0.2, 0) is 26.4 Å². The third-order valence-electron chi connectivity index (χ3n) is 6.18. The van der Waals surface area contributed by atoms with Gasteiger partial charge in [0.1, 0.15) is 5.75 Å². The van der Waals surface area contributed by atoms with Crippen molar-refractivity contribution >= 4 is 21.8 Å². The van der Waals surface area contributed by atoms with Crippen LogP contribution >= 0.6 is 0 Å². The highest BCUT2D eigenvalue weighted by molar-refractivity contribution is 7.96. The number of carbonyl (C=O) groups is 1. The minimum atomic E-state index is -3.10. The van der Waals surface area contributed by atoms with Gasteiger partial charge >= 0.3 is 0 Å². The standard InChI is InChI=1S/C23H29N3O3S/c1-25-12-10-23(16-25)17-26(15-18-6-4-3-5-7-18)21-9-8-19(14-20(21)23)22(27)24-11-13-30(2,28)29/h3-9,14H,10-13,15-17H2,1-2H3,(H-,24,27,28,29). The Bertz CT molecular complexity index is 975. The normalized spacial score (nSPS) is 22.8. The maximum absolute atomic E-state index is 12.6. The van der Waals surface area contributed by atoms with E-state index in [1.54, 1.807) is 0 Å². The molecule has 1 saturated heterocycles. The Morgan fingerprint density at radius 3 is 2.63 bits per heavy atom. The molecule has 160 valence electrons. The smallest absolute Gasteiger partial charge is 0.251 e. The summed E-state index contributed by atoms with van der Waals surface area (Å²) in [7, 11) is -0.951. The Hall–Kier alpha value is -2.22. The zero-order chi connectivity index (χ0) is 21.4. The van der Waals surface area contributed by atoms with Crippen LogP contribution < -0.4 is 10.2 Å². The van der Waals surface area contributed by atoms with E-state index in [0.717, 1.165) is 32.6 Å². The summed E-state index contributed by atoms with van der Waals surface area (Å²) in [5, 5.41) is 2.74. The number of likely N-dealkylation sites (tertiary alicyclic amines) is 1. The summed E-state index contributed by atoms with van der Waals surface area (Å²) < 4.78 is 22.7. The largest absolute Gasteiger partial charge is 0.615 e. The lowest BCUT2D eigenvalue weighted by Crippen LogP contribution is -2.35. The molecule has 1 spiro atoms.